The normalized spacial score (nSPS) is 9.89. The highest BCUT2D eigenvalue weighted by molar-refractivity contribution is 4.84. The zero-order chi connectivity index (χ0) is 6.53. The molecule has 0 fully saturated rings. The molecule has 0 unspecified atom stereocenters. The van der Waals surface area contributed by atoms with Gasteiger partial charge in [-0.05, 0) is 6.42 Å². The second-order valence-corrected chi connectivity index (χ2v) is 1.99. The zero-order valence-corrected chi connectivity index (χ0v) is 5.50. The van der Waals surface area contributed by atoms with Gasteiger partial charge in [-0.2, -0.15) is 0 Å². The van der Waals surface area contributed by atoms with Crippen LogP contribution in [0.5, 0.6) is 0 Å². The Labute approximate surface area is 54.0 Å². The molecule has 0 spiro atoms. The molecule has 3 heteroatoms. The summed E-state index contributed by atoms with van der Waals surface area (Å²) in [5, 5.41) is 6.91. The Kier molecular flexibility index (Phi) is 2.24. The van der Waals surface area contributed by atoms with E-state index in [1.165, 1.54) is 6.42 Å². The van der Waals surface area contributed by atoms with Gasteiger partial charge in [0.05, 0.1) is 6.20 Å². The number of aryl methyl sites for hydroxylation is 1. The third-order valence-electron chi connectivity index (χ3n) is 1.18. The molecule has 0 aliphatic carbocycles. The Morgan fingerprint density at radius 3 is 3.11 bits per heavy atom. The van der Waals surface area contributed by atoms with Gasteiger partial charge < -0.3 is 4.52 Å². The summed E-state index contributed by atoms with van der Waals surface area (Å²) in [6.45, 7) is 2.14. The van der Waals surface area contributed by atoms with Crippen LogP contribution in [0.3, 0.4) is 0 Å². The molecule has 3 nitrogen and oxygen atoms in total. The summed E-state index contributed by atoms with van der Waals surface area (Å²) in [5.41, 5.74) is 0. The molecule has 0 aromatic carbocycles. The van der Waals surface area contributed by atoms with Crippen LogP contribution in [0.15, 0.2) is 10.7 Å². The summed E-state index contributed by atoms with van der Waals surface area (Å²) < 4.78 is 4.77. The lowest BCUT2D eigenvalue weighted by Gasteiger charge is -1.87. The van der Waals surface area contributed by atoms with E-state index in [1.54, 1.807) is 6.20 Å². The Hall–Kier alpha value is -0.860. The van der Waals surface area contributed by atoms with E-state index in [0.717, 1.165) is 18.6 Å². The van der Waals surface area contributed by atoms with Crippen LogP contribution in [-0.4, -0.2) is 10.4 Å². The van der Waals surface area contributed by atoms with Gasteiger partial charge in [0.1, 0.15) is 0 Å². The van der Waals surface area contributed by atoms with E-state index in [2.05, 4.69) is 17.3 Å². The molecular weight excluding hydrogens is 116 g/mol. The number of rotatable bonds is 3. The molecule has 0 saturated heterocycles. The van der Waals surface area contributed by atoms with E-state index in [1.807, 2.05) is 0 Å². The molecule has 0 saturated carbocycles. The van der Waals surface area contributed by atoms with E-state index in [9.17, 15) is 0 Å². The minimum absolute atomic E-state index is 0.886. The van der Waals surface area contributed by atoms with Crippen molar-refractivity contribution < 1.29 is 4.52 Å². The van der Waals surface area contributed by atoms with E-state index in [4.69, 9.17) is 4.52 Å². The van der Waals surface area contributed by atoms with E-state index >= 15 is 0 Å². The van der Waals surface area contributed by atoms with Gasteiger partial charge in [0.2, 0.25) is 0 Å². The maximum atomic E-state index is 4.77. The lowest BCUT2D eigenvalue weighted by atomic mass is 10.2. The Morgan fingerprint density at radius 1 is 1.67 bits per heavy atom. The van der Waals surface area contributed by atoms with Crippen LogP contribution in [0.1, 0.15) is 25.5 Å². The first-order valence-corrected chi connectivity index (χ1v) is 3.19. The molecule has 1 rings (SSSR count). The summed E-state index contributed by atoms with van der Waals surface area (Å²) in [7, 11) is 0. The van der Waals surface area contributed by atoms with Crippen molar-refractivity contribution in [3.05, 3.63) is 12.0 Å². The predicted octanol–water partition coefficient (Wildman–Crippen LogP) is 1.41. The van der Waals surface area contributed by atoms with Gasteiger partial charge >= 0.3 is 0 Å². The van der Waals surface area contributed by atoms with Gasteiger partial charge in [-0.25, -0.2) is 0 Å². The minimum atomic E-state index is 0.886. The largest absolute Gasteiger partial charge is 0.342 e. The second-order valence-electron chi connectivity index (χ2n) is 1.99. The molecule has 1 aromatic rings. The molecule has 1 aromatic heterocycles. The predicted molar refractivity (Wildman–Crippen MR) is 32.9 cm³/mol. The van der Waals surface area contributed by atoms with Crippen LogP contribution in [0.2, 0.25) is 0 Å². The summed E-state index contributed by atoms with van der Waals surface area (Å²) in [5.74, 6) is 0.886. The van der Waals surface area contributed by atoms with Crippen molar-refractivity contribution in [1.29, 1.82) is 0 Å². The van der Waals surface area contributed by atoms with Gasteiger partial charge in [-0.3, -0.25) is 0 Å². The molecular formula is C6H10N2O. The standard InChI is InChI=1S/C6H10N2O/c1-2-3-4-6-5-7-8-9-6/h5H,2-4H2,1H3. The fraction of sp³-hybridized carbons (Fsp3) is 0.667. The number of aromatic nitrogens is 2. The van der Waals surface area contributed by atoms with Gasteiger partial charge in [-0.15, -0.1) is 5.10 Å². The van der Waals surface area contributed by atoms with Crippen LogP contribution in [0.25, 0.3) is 0 Å². The van der Waals surface area contributed by atoms with E-state index in [-0.39, 0.29) is 0 Å². The first kappa shape index (κ1) is 6.26. The zero-order valence-electron chi connectivity index (χ0n) is 5.50. The molecule has 0 N–H and O–H groups in total. The summed E-state index contributed by atoms with van der Waals surface area (Å²) in [6.07, 6.45) is 4.96. The minimum Gasteiger partial charge on any atom is -0.342 e. The molecule has 0 bridgehead atoms. The number of hydrogen-bond acceptors (Lipinski definition) is 3. The monoisotopic (exact) mass is 126 g/mol. The topological polar surface area (TPSA) is 38.9 Å². The van der Waals surface area contributed by atoms with Crippen LogP contribution in [0.4, 0.5) is 0 Å². The average Bonchev–Trinajstić information content (AvgIpc) is 2.34. The van der Waals surface area contributed by atoms with Gasteiger partial charge in [0.15, 0.2) is 5.76 Å². The molecule has 50 valence electrons. The maximum Gasteiger partial charge on any atom is 0.157 e. The smallest absolute Gasteiger partial charge is 0.157 e. The van der Waals surface area contributed by atoms with Crippen LogP contribution in [-0.2, 0) is 6.42 Å². The molecule has 0 aliphatic heterocycles. The fourth-order valence-electron chi connectivity index (χ4n) is 0.649. The third kappa shape index (κ3) is 1.83. The van der Waals surface area contributed by atoms with Crippen molar-refractivity contribution in [2.24, 2.45) is 0 Å². The van der Waals surface area contributed by atoms with Crippen molar-refractivity contribution in [2.75, 3.05) is 0 Å². The highest BCUT2D eigenvalue weighted by Gasteiger charge is 1.94. The van der Waals surface area contributed by atoms with E-state index < -0.39 is 0 Å². The lowest BCUT2D eigenvalue weighted by Crippen LogP contribution is -1.78. The maximum absolute atomic E-state index is 4.77. The highest BCUT2D eigenvalue weighted by atomic mass is 16.5. The fourth-order valence-corrected chi connectivity index (χ4v) is 0.649. The lowest BCUT2D eigenvalue weighted by molar-refractivity contribution is 0.359. The van der Waals surface area contributed by atoms with Crippen LogP contribution >= 0.6 is 0 Å². The van der Waals surface area contributed by atoms with Crippen molar-refractivity contribution in [3.8, 4) is 0 Å². The molecule has 0 aliphatic rings. The van der Waals surface area contributed by atoms with Crippen LogP contribution < -0.4 is 0 Å². The number of nitrogens with zero attached hydrogens (tertiary/aromatic N) is 2. The van der Waals surface area contributed by atoms with Crippen LogP contribution in [0, 0.1) is 0 Å². The van der Waals surface area contributed by atoms with Crippen molar-refractivity contribution in [2.45, 2.75) is 26.2 Å². The van der Waals surface area contributed by atoms with Gasteiger partial charge in [0.25, 0.3) is 0 Å². The molecule has 0 atom stereocenters. The quantitative estimate of drug-likeness (QED) is 0.614. The Balaban J connectivity index is 2.30. The second kappa shape index (κ2) is 3.22. The average molecular weight is 126 g/mol. The molecule has 1 heterocycles. The number of unbranched alkanes of at least 4 members (excludes halogenated alkanes) is 1. The number of hydrogen-bond donors (Lipinski definition) is 0. The third-order valence-corrected chi connectivity index (χ3v) is 1.18. The van der Waals surface area contributed by atoms with Gasteiger partial charge in [-0.1, -0.05) is 13.3 Å². The van der Waals surface area contributed by atoms with Crippen molar-refractivity contribution in [3.63, 3.8) is 0 Å². The van der Waals surface area contributed by atoms with Crippen molar-refractivity contribution >= 4 is 0 Å². The Bertz CT molecular complexity index is 148. The summed E-state index contributed by atoms with van der Waals surface area (Å²) in [4.78, 5) is 0. The van der Waals surface area contributed by atoms with Crippen molar-refractivity contribution in [1.82, 2.24) is 10.4 Å². The highest BCUT2D eigenvalue weighted by Crippen LogP contribution is 2.00. The summed E-state index contributed by atoms with van der Waals surface area (Å²) in [6, 6.07) is 0. The first-order chi connectivity index (χ1) is 4.43. The SMILES string of the molecule is CCCCc1cnno1. The molecule has 0 radical (unpaired) electrons. The molecule has 0 amide bonds. The Morgan fingerprint density at radius 2 is 2.56 bits per heavy atom. The van der Waals surface area contributed by atoms with E-state index in [0.29, 0.717) is 0 Å². The summed E-state index contributed by atoms with van der Waals surface area (Å²) >= 11 is 0. The van der Waals surface area contributed by atoms with Gasteiger partial charge in [0, 0.05) is 11.7 Å². The first-order valence-electron chi connectivity index (χ1n) is 3.19. The molecule has 9 heavy (non-hydrogen) atoms.